The van der Waals surface area contributed by atoms with E-state index in [2.05, 4.69) is 11.0 Å². The Morgan fingerprint density at radius 2 is 1.95 bits per heavy atom. The van der Waals surface area contributed by atoms with Gasteiger partial charge in [-0.2, -0.15) is 0 Å². The van der Waals surface area contributed by atoms with E-state index < -0.39 is 6.10 Å². The Kier molecular flexibility index (Phi) is 4.39. The first-order valence-electron chi connectivity index (χ1n) is 8.34. The van der Waals surface area contributed by atoms with Crippen LogP contribution in [0, 0.1) is 5.92 Å². The van der Waals surface area contributed by atoms with Gasteiger partial charge in [-0.3, -0.25) is 0 Å². The Balaban J connectivity index is 1.98. The van der Waals surface area contributed by atoms with E-state index in [-0.39, 0.29) is 0 Å². The number of rotatable bonds is 3. The van der Waals surface area contributed by atoms with Crippen molar-refractivity contribution in [3.8, 4) is 5.75 Å². The van der Waals surface area contributed by atoms with Crippen molar-refractivity contribution in [3.05, 3.63) is 23.8 Å². The molecule has 3 nitrogen and oxygen atoms in total. The van der Waals surface area contributed by atoms with Gasteiger partial charge in [0, 0.05) is 23.8 Å². The molecule has 3 heteroatoms. The first-order valence-corrected chi connectivity index (χ1v) is 8.34. The monoisotopic (exact) mass is 289 g/mol. The zero-order chi connectivity index (χ0) is 14.8. The Hall–Kier alpha value is -1.22. The van der Waals surface area contributed by atoms with Gasteiger partial charge in [0.1, 0.15) is 5.75 Å². The molecule has 116 valence electrons. The van der Waals surface area contributed by atoms with Crippen LogP contribution in [-0.2, 0) is 0 Å². The van der Waals surface area contributed by atoms with E-state index in [1.54, 1.807) is 7.11 Å². The van der Waals surface area contributed by atoms with Crippen molar-refractivity contribution in [1.82, 2.24) is 0 Å². The van der Waals surface area contributed by atoms with Crippen LogP contribution in [-0.4, -0.2) is 24.8 Å². The van der Waals surface area contributed by atoms with Gasteiger partial charge < -0.3 is 14.7 Å². The Morgan fingerprint density at radius 1 is 1.19 bits per heavy atom. The van der Waals surface area contributed by atoms with Crippen molar-refractivity contribution in [3.63, 3.8) is 0 Å². The standard InChI is InChI=1S/C18H27NO2/c1-13(20)18-16(10-5-11-17(18)21-2)19-12-6-8-14-7-3-4-9-15(14)19/h5,10-11,13-15,20H,3-4,6-9,12H2,1-2H3/t13?,14-,15-/m1/s1. The molecule has 1 unspecified atom stereocenters. The third kappa shape index (κ3) is 2.76. The molecule has 0 aromatic heterocycles. The van der Waals surface area contributed by atoms with Crippen LogP contribution in [0.2, 0.25) is 0 Å². The minimum atomic E-state index is -0.500. The Morgan fingerprint density at radius 3 is 2.71 bits per heavy atom. The fourth-order valence-corrected chi connectivity index (χ4v) is 4.30. The summed E-state index contributed by atoms with van der Waals surface area (Å²) in [6, 6.07) is 6.80. The van der Waals surface area contributed by atoms with E-state index in [9.17, 15) is 5.11 Å². The number of ether oxygens (including phenoxy) is 1. The highest BCUT2D eigenvalue weighted by atomic mass is 16.5. The van der Waals surface area contributed by atoms with Gasteiger partial charge in [0.2, 0.25) is 0 Å². The minimum absolute atomic E-state index is 0.500. The lowest BCUT2D eigenvalue weighted by molar-refractivity contribution is 0.192. The average molecular weight is 289 g/mol. The van der Waals surface area contributed by atoms with E-state index in [1.807, 2.05) is 19.1 Å². The number of piperidine rings is 1. The topological polar surface area (TPSA) is 32.7 Å². The predicted octanol–water partition coefficient (Wildman–Crippen LogP) is 3.91. The highest BCUT2D eigenvalue weighted by Gasteiger charge is 2.34. The number of hydrogen-bond donors (Lipinski definition) is 1. The van der Waals surface area contributed by atoms with Gasteiger partial charge in [0.05, 0.1) is 13.2 Å². The summed E-state index contributed by atoms with van der Waals surface area (Å²) in [6.07, 6.45) is 7.52. The number of methoxy groups -OCH3 is 1. The van der Waals surface area contributed by atoms with Crippen molar-refractivity contribution in [2.45, 2.75) is 57.6 Å². The van der Waals surface area contributed by atoms with Gasteiger partial charge in [0.15, 0.2) is 0 Å². The molecule has 3 rings (SSSR count). The Labute approximate surface area is 127 Å². The normalized spacial score (nSPS) is 27.1. The number of benzene rings is 1. The first kappa shape index (κ1) is 14.7. The number of aliphatic hydroxyl groups excluding tert-OH is 1. The summed E-state index contributed by atoms with van der Waals surface area (Å²) in [5, 5.41) is 10.2. The van der Waals surface area contributed by atoms with Gasteiger partial charge in [-0.1, -0.05) is 18.9 Å². The molecule has 1 aliphatic carbocycles. The van der Waals surface area contributed by atoms with Crippen LogP contribution in [0.15, 0.2) is 18.2 Å². The molecule has 1 aromatic rings. The van der Waals surface area contributed by atoms with E-state index in [1.165, 1.54) is 44.2 Å². The third-order valence-corrected chi connectivity index (χ3v) is 5.23. The summed E-state index contributed by atoms with van der Waals surface area (Å²) in [6.45, 7) is 2.94. The van der Waals surface area contributed by atoms with E-state index in [0.29, 0.717) is 6.04 Å². The van der Waals surface area contributed by atoms with Gasteiger partial charge in [-0.05, 0) is 50.7 Å². The summed E-state index contributed by atoms with van der Waals surface area (Å²) in [5.74, 6) is 1.64. The summed E-state index contributed by atoms with van der Waals surface area (Å²) < 4.78 is 5.49. The van der Waals surface area contributed by atoms with Gasteiger partial charge in [0.25, 0.3) is 0 Å². The van der Waals surface area contributed by atoms with E-state index in [0.717, 1.165) is 23.8 Å². The molecule has 1 aliphatic heterocycles. The van der Waals surface area contributed by atoms with Gasteiger partial charge in [-0.15, -0.1) is 0 Å². The second kappa shape index (κ2) is 6.27. The van der Waals surface area contributed by atoms with Gasteiger partial charge in [-0.25, -0.2) is 0 Å². The summed E-state index contributed by atoms with van der Waals surface area (Å²) >= 11 is 0. The molecule has 0 spiro atoms. The highest BCUT2D eigenvalue weighted by molar-refractivity contribution is 5.61. The van der Waals surface area contributed by atoms with Crippen molar-refractivity contribution in [2.75, 3.05) is 18.6 Å². The van der Waals surface area contributed by atoms with Crippen LogP contribution < -0.4 is 9.64 Å². The molecule has 0 amide bonds. The van der Waals surface area contributed by atoms with E-state index >= 15 is 0 Å². The molecule has 3 atom stereocenters. The summed E-state index contributed by atoms with van der Waals surface area (Å²) in [5.41, 5.74) is 2.13. The molecule has 1 saturated carbocycles. The zero-order valence-corrected chi connectivity index (χ0v) is 13.2. The molecular weight excluding hydrogens is 262 g/mol. The predicted molar refractivity (Wildman–Crippen MR) is 86.0 cm³/mol. The minimum Gasteiger partial charge on any atom is -0.496 e. The maximum atomic E-state index is 10.2. The molecule has 1 aromatic carbocycles. The number of hydrogen-bond acceptors (Lipinski definition) is 3. The fourth-order valence-electron chi connectivity index (χ4n) is 4.30. The number of aliphatic hydroxyl groups is 1. The Bertz CT molecular complexity index is 484. The van der Waals surface area contributed by atoms with E-state index in [4.69, 9.17) is 4.74 Å². The summed E-state index contributed by atoms with van der Waals surface area (Å²) in [4.78, 5) is 2.55. The maximum Gasteiger partial charge on any atom is 0.126 e. The van der Waals surface area contributed by atoms with Crippen LogP contribution >= 0.6 is 0 Å². The molecule has 0 radical (unpaired) electrons. The fraction of sp³-hybridized carbons (Fsp3) is 0.667. The lowest BCUT2D eigenvalue weighted by atomic mass is 9.78. The lowest BCUT2D eigenvalue weighted by Crippen LogP contribution is -2.47. The number of anilines is 1. The third-order valence-electron chi connectivity index (χ3n) is 5.23. The first-order chi connectivity index (χ1) is 10.2. The van der Waals surface area contributed by atoms with Crippen LogP contribution in [0.1, 0.15) is 57.1 Å². The molecule has 2 fully saturated rings. The maximum absolute atomic E-state index is 10.2. The molecule has 2 aliphatic rings. The second-order valence-electron chi connectivity index (χ2n) is 6.52. The largest absolute Gasteiger partial charge is 0.496 e. The molecule has 1 N–H and O–H groups in total. The van der Waals surface area contributed by atoms with Crippen molar-refractivity contribution in [1.29, 1.82) is 0 Å². The molecule has 1 saturated heterocycles. The summed E-state index contributed by atoms with van der Waals surface area (Å²) in [7, 11) is 1.69. The van der Waals surface area contributed by atoms with Crippen molar-refractivity contribution >= 4 is 5.69 Å². The van der Waals surface area contributed by atoms with Gasteiger partial charge >= 0.3 is 0 Å². The molecular formula is C18H27NO2. The van der Waals surface area contributed by atoms with Crippen LogP contribution in [0.5, 0.6) is 5.75 Å². The molecule has 21 heavy (non-hydrogen) atoms. The SMILES string of the molecule is COc1cccc(N2CCC[C@H]3CCCC[C@H]32)c1C(C)O. The zero-order valence-electron chi connectivity index (χ0n) is 13.2. The quantitative estimate of drug-likeness (QED) is 0.916. The second-order valence-corrected chi connectivity index (χ2v) is 6.52. The number of nitrogens with zero attached hydrogens (tertiary/aromatic N) is 1. The van der Waals surface area contributed by atoms with Crippen LogP contribution in [0.3, 0.4) is 0 Å². The molecule has 1 heterocycles. The average Bonchev–Trinajstić information content (AvgIpc) is 2.53. The van der Waals surface area contributed by atoms with Crippen molar-refractivity contribution < 1.29 is 9.84 Å². The number of fused-ring (bicyclic) bond motifs is 1. The van der Waals surface area contributed by atoms with Crippen molar-refractivity contribution in [2.24, 2.45) is 5.92 Å². The lowest BCUT2D eigenvalue weighted by Gasteiger charge is -2.46. The van der Waals surface area contributed by atoms with Crippen LogP contribution in [0.25, 0.3) is 0 Å². The smallest absolute Gasteiger partial charge is 0.126 e. The highest BCUT2D eigenvalue weighted by Crippen LogP contribution is 2.42. The van der Waals surface area contributed by atoms with Crippen LogP contribution in [0.4, 0.5) is 5.69 Å². The molecule has 0 bridgehead atoms.